The number of methoxy groups -OCH3 is 1. The molecule has 120 valence electrons. The van der Waals surface area contributed by atoms with Gasteiger partial charge in [0.2, 0.25) is 0 Å². The first-order chi connectivity index (χ1) is 11.1. The molecule has 3 N–H and O–H groups in total. The van der Waals surface area contributed by atoms with E-state index in [2.05, 4.69) is 16.0 Å². The average molecular weight is 313 g/mol. The van der Waals surface area contributed by atoms with Crippen molar-refractivity contribution < 1.29 is 14.3 Å². The van der Waals surface area contributed by atoms with Gasteiger partial charge >= 0.3 is 6.03 Å². The van der Waals surface area contributed by atoms with Gasteiger partial charge in [-0.25, -0.2) is 4.79 Å². The predicted molar refractivity (Wildman–Crippen MR) is 89.6 cm³/mol. The molecular formula is C17H19N3O3. The van der Waals surface area contributed by atoms with E-state index in [0.717, 1.165) is 5.56 Å². The van der Waals surface area contributed by atoms with Crippen LogP contribution < -0.4 is 16.0 Å². The summed E-state index contributed by atoms with van der Waals surface area (Å²) in [6.45, 7) is 0.451. The highest BCUT2D eigenvalue weighted by Gasteiger charge is 2.08. The van der Waals surface area contributed by atoms with Gasteiger partial charge in [-0.3, -0.25) is 4.79 Å². The molecule has 0 atom stereocenters. The number of amides is 3. The van der Waals surface area contributed by atoms with Crippen molar-refractivity contribution in [3.8, 4) is 0 Å². The lowest BCUT2D eigenvalue weighted by Crippen LogP contribution is -2.24. The molecule has 0 spiro atoms. The normalized spacial score (nSPS) is 10.0. The molecule has 3 amide bonds. The van der Waals surface area contributed by atoms with E-state index < -0.39 is 0 Å². The molecule has 0 aliphatic carbocycles. The van der Waals surface area contributed by atoms with Gasteiger partial charge in [-0.2, -0.15) is 0 Å². The van der Waals surface area contributed by atoms with Crippen molar-refractivity contribution in [3.63, 3.8) is 0 Å². The maximum absolute atomic E-state index is 12.3. The number of ether oxygens (including phenoxy) is 1. The van der Waals surface area contributed by atoms with Crippen LogP contribution in [-0.2, 0) is 11.3 Å². The van der Waals surface area contributed by atoms with Crippen molar-refractivity contribution in [1.29, 1.82) is 0 Å². The van der Waals surface area contributed by atoms with E-state index >= 15 is 0 Å². The van der Waals surface area contributed by atoms with E-state index in [1.807, 2.05) is 12.1 Å². The number of nitrogens with one attached hydrogen (secondary N) is 3. The van der Waals surface area contributed by atoms with Crippen LogP contribution in [0.25, 0.3) is 0 Å². The van der Waals surface area contributed by atoms with Crippen molar-refractivity contribution in [1.82, 2.24) is 5.32 Å². The van der Waals surface area contributed by atoms with Gasteiger partial charge in [0.1, 0.15) is 0 Å². The minimum Gasteiger partial charge on any atom is -0.380 e. The first-order valence-electron chi connectivity index (χ1n) is 7.10. The summed E-state index contributed by atoms with van der Waals surface area (Å²) in [4.78, 5) is 23.6. The third kappa shape index (κ3) is 4.82. The lowest BCUT2D eigenvalue weighted by atomic mass is 10.1. The molecule has 6 heteroatoms. The average Bonchev–Trinajstić information content (AvgIpc) is 2.55. The van der Waals surface area contributed by atoms with E-state index in [-0.39, 0.29) is 11.9 Å². The third-order valence-electron chi connectivity index (χ3n) is 3.11. The minimum atomic E-state index is -0.319. The largest absolute Gasteiger partial charge is 0.380 e. The van der Waals surface area contributed by atoms with Crippen LogP contribution >= 0.6 is 0 Å². The van der Waals surface area contributed by atoms with Crippen molar-refractivity contribution in [3.05, 3.63) is 59.7 Å². The smallest absolute Gasteiger partial charge is 0.318 e. The fourth-order valence-electron chi connectivity index (χ4n) is 2.04. The number of urea groups is 1. The zero-order chi connectivity index (χ0) is 16.7. The summed E-state index contributed by atoms with van der Waals surface area (Å²) in [6.07, 6.45) is 0. The Morgan fingerprint density at radius 2 is 1.70 bits per heavy atom. The molecular weight excluding hydrogens is 294 g/mol. The van der Waals surface area contributed by atoms with E-state index in [1.165, 1.54) is 7.05 Å². The fourth-order valence-corrected chi connectivity index (χ4v) is 2.04. The Hall–Kier alpha value is -2.86. The third-order valence-corrected chi connectivity index (χ3v) is 3.11. The molecule has 0 aliphatic heterocycles. The Kier molecular flexibility index (Phi) is 5.71. The highest BCUT2D eigenvalue weighted by molar-refractivity contribution is 6.04. The molecule has 6 nitrogen and oxygen atoms in total. The van der Waals surface area contributed by atoms with Crippen molar-refractivity contribution >= 4 is 23.3 Å². The number of anilines is 2. The SMILES string of the molecule is CNC(=O)Nc1cccc(NC(=O)c2cccc(COC)c2)c1. The van der Waals surface area contributed by atoms with Crippen LogP contribution in [0.2, 0.25) is 0 Å². The quantitative estimate of drug-likeness (QED) is 0.794. The number of benzene rings is 2. The Morgan fingerprint density at radius 3 is 2.39 bits per heavy atom. The van der Waals surface area contributed by atoms with Crippen molar-refractivity contribution in [2.24, 2.45) is 0 Å². The standard InChI is InChI=1S/C17H19N3O3/c1-18-17(22)20-15-8-4-7-14(10-15)19-16(21)13-6-3-5-12(9-13)11-23-2/h3-10H,11H2,1-2H3,(H,19,21)(H2,18,20,22). The highest BCUT2D eigenvalue weighted by atomic mass is 16.5. The number of carbonyl (C=O) groups is 2. The zero-order valence-electron chi connectivity index (χ0n) is 13.1. The Labute approximate surface area is 134 Å². The van der Waals surface area contributed by atoms with Crippen LogP contribution in [0, 0.1) is 0 Å². The monoisotopic (exact) mass is 313 g/mol. The summed E-state index contributed by atoms with van der Waals surface area (Å²) in [7, 11) is 3.14. The second kappa shape index (κ2) is 7.95. The number of hydrogen-bond acceptors (Lipinski definition) is 3. The van der Waals surface area contributed by atoms with E-state index in [4.69, 9.17) is 4.74 Å². The zero-order valence-corrected chi connectivity index (χ0v) is 13.1. The molecule has 2 aromatic rings. The van der Waals surface area contributed by atoms with Gasteiger partial charge in [0, 0.05) is 31.1 Å². The summed E-state index contributed by atoms with van der Waals surface area (Å²) in [5, 5.41) is 7.93. The molecule has 0 bridgehead atoms. The van der Waals surface area contributed by atoms with E-state index in [9.17, 15) is 9.59 Å². The van der Waals surface area contributed by atoms with Crippen LogP contribution in [0.1, 0.15) is 15.9 Å². The summed E-state index contributed by atoms with van der Waals surface area (Å²) in [5.41, 5.74) is 2.66. The molecule has 0 fully saturated rings. The molecule has 0 aromatic heterocycles. The summed E-state index contributed by atoms with van der Waals surface area (Å²) >= 11 is 0. The second-order valence-corrected chi connectivity index (χ2v) is 4.87. The van der Waals surface area contributed by atoms with Gasteiger partial charge in [-0.05, 0) is 35.9 Å². The van der Waals surface area contributed by atoms with Gasteiger partial charge in [0.15, 0.2) is 0 Å². The van der Waals surface area contributed by atoms with Crippen LogP contribution in [-0.4, -0.2) is 26.1 Å². The lowest BCUT2D eigenvalue weighted by Gasteiger charge is -2.09. The van der Waals surface area contributed by atoms with Crippen LogP contribution in [0.4, 0.5) is 16.2 Å². The first-order valence-corrected chi connectivity index (χ1v) is 7.10. The van der Waals surface area contributed by atoms with Crippen LogP contribution in [0.15, 0.2) is 48.5 Å². The second-order valence-electron chi connectivity index (χ2n) is 4.87. The maximum Gasteiger partial charge on any atom is 0.318 e. The van der Waals surface area contributed by atoms with Gasteiger partial charge in [0.05, 0.1) is 6.61 Å². The van der Waals surface area contributed by atoms with E-state index in [0.29, 0.717) is 23.5 Å². The van der Waals surface area contributed by atoms with Gasteiger partial charge in [0.25, 0.3) is 5.91 Å². The molecule has 0 heterocycles. The summed E-state index contributed by atoms with van der Waals surface area (Å²) < 4.78 is 5.07. The molecule has 2 aromatic carbocycles. The number of carbonyl (C=O) groups excluding carboxylic acids is 2. The topological polar surface area (TPSA) is 79.5 Å². The lowest BCUT2D eigenvalue weighted by molar-refractivity contribution is 0.102. The highest BCUT2D eigenvalue weighted by Crippen LogP contribution is 2.16. The molecule has 2 rings (SSSR count). The molecule has 0 saturated carbocycles. The van der Waals surface area contributed by atoms with Crippen LogP contribution in [0.3, 0.4) is 0 Å². The van der Waals surface area contributed by atoms with Gasteiger partial charge < -0.3 is 20.7 Å². The van der Waals surface area contributed by atoms with Gasteiger partial charge in [-0.15, -0.1) is 0 Å². The fraction of sp³-hybridized carbons (Fsp3) is 0.176. The Balaban J connectivity index is 2.09. The Bertz CT molecular complexity index is 701. The van der Waals surface area contributed by atoms with Crippen molar-refractivity contribution in [2.45, 2.75) is 6.61 Å². The van der Waals surface area contributed by atoms with Crippen molar-refractivity contribution in [2.75, 3.05) is 24.8 Å². The summed E-state index contributed by atoms with van der Waals surface area (Å²) in [5.74, 6) is -0.222. The Morgan fingerprint density at radius 1 is 1.00 bits per heavy atom. The number of hydrogen-bond donors (Lipinski definition) is 3. The molecule has 23 heavy (non-hydrogen) atoms. The molecule has 0 saturated heterocycles. The molecule has 0 radical (unpaired) electrons. The van der Waals surface area contributed by atoms with E-state index in [1.54, 1.807) is 43.5 Å². The molecule has 0 aliphatic rings. The first kappa shape index (κ1) is 16.5. The minimum absolute atomic E-state index is 0.222. The van der Waals surface area contributed by atoms with Gasteiger partial charge in [-0.1, -0.05) is 18.2 Å². The number of rotatable bonds is 5. The summed E-state index contributed by atoms with van der Waals surface area (Å²) in [6, 6.07) is 13.8. The predicted octanol–water partition coefficient (Wildman–Crippen LogP) is 2.84. The molecule has 0 unspecified atom stereocenters. The maximum atomic E-state index is 12.3. The van der Waals surface area contributed by atoms with Crippen LogP contribution in [0.5, 0.6) is 0 Å².